The van der Waals surface area contributed by atoms with Crippen LogP contribution in [0.4, 0.5) is 0 Å². The first kappa shape index (κ1) is 20.2. The molecule has 0 bridgehead atoms. The van der Waals surface area contributed by atoms with Gasteiger partial charge in [-0.3, -0.25) is 4.79 Å². The average molecular weight is 405 g/mol. The van der Waals surface area contributed by atoms with Crippen molar-refractivity contribution in [1.29, 1.82) is 0 Å². The first-order valence-electron chi connectivity index (χ1n) is 10.3. The second kappa shape index (κ2) is 8.36. The topological polar surface area (TPSA) is 43.7 Å². The van der Waals surface area contributed by atoms with Gasteiger partial charge in [0.15, 0.2) is 0 Å². The number of amides is 1. The lowest BCUT2D eigenvalue weighted by atomic mass is 10.1. The van der Waals surface area contributed by atoms with E-state index in [0.29, 0.717) is 13.1 Å². The van der Waals surface area contributed by atoms with Crippen LogP contribution in [0.25, 0.3) is 16.9 Å². The maximum atomic E-state index is 13.5. The molecule has 4 rings (SSSR count). The van der Waals surface area contributed by atoms with Crippen LogP contribution in [0.1, 0.15) is 29.9 Å². The van der Waals surface area contributed by atoms with Gasteiger partial charge in [0.25, 0.3) is 5.91 Å². The van der Waals surface area contributed by atoms with Crippen molar-refractivity contribution >= 4 is 5.91 Å². The monoisotopic (exact) mass is 404 g/mol. The maximum absolute atomic E-state index is 13.5. The van der Waals surface area contributed by atoms with E-state index in [4.69, 9.17) is 9.47 Å². The Bertz CT molecular complexity index is 1010. The number of hydrogen-bond donors (Lipinski definition) is 0. The Morgan fingerprint density at radius 1 is 1.00 bits per heavy atom. The van der Waals surface area contributed by atoms with Crippen molar-refractivity contribution in [3.05, 3.63) is 71.9 Å². The van der Waals surface area contributed by atoms with Crippen LogP contribution in [-0.2, 0) is 4.74 Å². The zero-order valence-electron chi connectivity index (χ0n) is 18.0. The van der Waals surface area contributed by atoms with Crippen molar-refractivity contribution < 1.29 is 14.3 Å². The summed E-state index contributed by atoms with van der Waals surface area (Å²) in [5.74, 6) is 0.861. The quantitative estimate of drug-likeness (QED) is 0.632. The van der Waals surface area contributed by atoms with Gasteiger partial charge < -0.3 is 18.9 Å². The fraction of sp³-hybridized carbons (Fsp3) is 0.320. The van der Waals surface area contributed by atoms with Gasteiger partial charge in [-0.1, -0.05) is 18.2 Å². The van der Waals surface area contributed by atoms with Crippen molar-refractivity contribution in [2.75, 3.05) is 20.2 Å². The molecule has 1 aliphatic rings. The fourth-order valence-electron chi connectivity index (χ4n) is 4.22. The molecule has 156 valence electrons. The molecule has 3 aromatic rings. The average Bonchev–Trinajstić information content (AvgIpc) is 3.10. The summed E-state index contributed by atoms with van der Waals surface area (Å²) < 4.78 is 13.3. The highest BCUT2D eigenvalue weighted by molar-refractivity contribution is 5.97. The Morgan fingerprint density at radius 2 is 1.63 bits per heavy atom. The van der Waals surface area contributed by atoms with E-state index in [1.807, 2.05) is 74.2 Å². The molecule has 0 aliphatic carbocycles. The number of aromatic nitrogens is 1. The van der Waals surface area contributed by atoms with Crippen molar-refractivity contribution in [3.8, 4) is 22.7 Å². The number of carbonyl (C=O) groups is 1. The van der Waals surface area contributed by atoms with Gasteiger partial charge in [0.05, 0.1) is 30.6 Å². The largest absolute Gasteiger partial charge is 0.497 e. The molecule has 0 radical (unpaired) electrons. The van der Waals surface area contributed by atoms with E-state index >= 15 is 0 Å². The van der Waals surface area contributed by atoms with Crippen molar-refractivity contribution in [1.82, 2.24) is 9.47 Å². The molecule has 5 heteroatoms. The molecule has 2 heterocycles. The minimum atomic E-state index is 0.0373. The highest BCUT2D eigenvalue weighted by Gasteiger charge is 2.29. The standard InChI is InChI=1S/C25H28N2O3/c1-17-15-26(16-18(2)30-17)25(28)23-14-24(20-10-12-22(29-4)13-11-20)27(19(23)3)21-8-6-5-7-9-21/h5-14,17-18H,15-16H2,1-4H3. The Hall–Kier alpha value is -3.05. The molecule has 1 fully saturated rings. The number of ether oxygens (including phenoxy) is 2. The molecule has 30 heavy (non-hydrogen) atoms. The van der Waals surface area contributed by atoms with Gasteiger partial charge in [0.2, 0.25) is 0 Å². The van der Waals surface area contributed by atoms with E-state index in [9.17, 15) is 4.79 Å². The van der Waals surface area contributed by atoms with Crippen LogP contribution in [0.3, 0.4) is 0 Å². The Kier molecular flexibility index (Phi) is 5.64. The minimum absolute atomic E-state index is 0.0373. The summed E-state index contributed by atoms with van der Waals surface area (Å²) >= 11 is 0. The molecule has 2 unspecified atom stereocenters. The second-order valence-corrected chi connectivity index (χ2v) is 7.90. The van der Waals surface area contributed by atoms with Crippen LogP contribution in [0.2, 0.25) is 0 Å². The summed E-state index contributed by atoms with van der Waals surface area (Å²) in [5.41, 5.74) is 4.71. The van der Waals surface area contributed by atoms with Crippen LogP contribution in [0, 0.1) is 6.92 Å². The predicted octanol–water partition coefficient (Wildman–Crippen LogP) is 4.71. The molecule has 1 amide bonds. The molecule has 0 spiro atoms. The Labute approximate surface area is 177 Å². The number of hydrogen-bond acceptors (Lipinski definition) is 3. The molecule has 2 aromatic carbocycles. The third-order valence-electron chi connectivity index (χ3n) is 5.58. The smallest absolute Gasteiger partial charge is 0.255 e. The van der Waals surface area contributed by atoms with Gasteiger partial charge in [0.1, 0.15) is 5.75 Å². The molecule has 1 aromatic heterocycles. The molecular weight excluding hydrogens is 376 g/mol. The Balaban J connectivity index is 1.80. The summed E-state index contributed by atoms with van der Waals surface area (Å²) in [6.07, 6.45) is 0.0746. The second-order valence-electron chi connectivity index (χ2n) is 7.90. The highest BCUT2D eigenvalue weighted by Crippen LogP contribution is 2.31. The summed E-state index contributed by atoms with van der Waals surface area (Å²) in [6.45, 7) is 7.26. The van der Waals surface area contributed by atoms with E-state index in [0.717, 1.165) is 34.0 Å². The van der Waals surface area contributed by atoms with Crippen LogP contribution in [0.5, 0.6) is 5.75 Å². The summed E-state index contributed by atoms with van der Waals surface area (Å²) in [4.78, 5) is 15.4. The molecular formula is C25H28N2O3. The Morgan fingerprint density at radius 3 is 2.23 bits per heavy atom. The lowest BCUT2D eigenvalue weighted by molar-refractivity contribution is -0.0586. The molecule has 1 saturated heterocycles. The van der Waals surface area contributed by atoms with E-state index in [2.05, 4.69) is 16.7 Å². The maximum Gasteiger partial charge on any atom is 0.255 e. The van der Waals surface area contributed by atoms with E-state index in [-0.39, 0.29) is 18.1 Å². The van der Waals surface area contributed by atoms with E-state index in [1.165, 1.54) is 0 Å². The van der Waals surface area contributed by atoms with Crippen molar-refractivity contribution in [2.24, 2.45) is 0 Å². The SMILES string of the molecule is COc1ccc(-c2cc(C(=O)N3CC(C)OC(C)C3)c(C)n2-c2ccccc2)cc1. The van der Waals surface area contributed by atoms with Gasteiger partial charge in [-0.2, -0.15) is 0 Å². The third kappa shape index (κ3) is 3.85. The van der Waals surface area contributed by atoms with Crippen LogP contribution in [0.15, 0.2) is 60.7 Å². The van der Waals surface area contributed by atoms with Crippen molar-refractivity contribution in [2.45, 2.75) is 33.0 Å². The number of nitrogens with zero attached hydrogens (tertiary/aromatic N) is 2. The van der Waals surface area contributed by atoms with E-state index in [1.54, 1.807) is 7.11 Å². The van der Waals surface area contributed by atoms with Gasteiger partial charge in [-0.15, -0.1) is 0 Å². The van der Waals surface area contributed by atoms with Gasteiger partial charge in [-0.05, 0) is 68.8 Å². The molecule has 2 atom stereocenters. The highest BCUT2D eigenvalue weighted by atomic mass is 16.5. The van der Waals surface area contributed by atoms with Crippen LogP contribution in [-0.4, -0.2) is 47.8 Å². The van der Waals surface area contributed by atoms with Gasteiger partial charge >= 0.3 is 0 Å². The van der Waals surface area contributed by atoms with Crippen LogP contribution >= 0.6 is 0 Å². The van der Waals surface area contributed by atoms with Crippen LogP contribution < -0.4 is 4.74 Å². The zero-order chi connectivity index (χ0) is 21.3. The van der Waals surface area contributed by atoms with E-state index < -0.39 is 0 Å². The molecule has 0 saturated carbocycles. The number of carbonyl (C=O) groups excluding carboxylic acids is 1. The zero-order valence-corrected chi connectivity index (χ0v) is 18.0. The van der Waals surface area contributed by atoms with Gasteiger partial charge in [-0.25, -0.2) is 0 Å². The summed E-state index contributed by atoms with van der Waals surface area (Å²) in [5, 5.41) is 0. The summed E-state index contributed by atoms with van der Waals surface area (Å²) in [7, 11) is 1.66. The fourth-order valence-corrected chi connectivity index (χ4v) is 4.22. The normalized spacial score (nSPS) is 19.0. The first-order chi connectivity index (χ1) is 14.5. The lowest BCUT2D eigenvalue weighted by Crippen LogP contribution is -2.48. The molecule has 0 N–H and O–H groups in total. The molecule has 5 nitrogen and oxygen atoms in total. The first-order valence-corrected chi connectivity index (χ1v) is 10.3. The minimum Gasteiger partial charge on any atom is -0.497 e. The number of methoxy groups -OCH3 is 1. The number of rotatable bonds is 4. The van der Waals surface area contributed by atoms with Gasteiger partial charge in [0, 0.05) is 24.5 Å². The third-order valence-corrected chi connectivity index (χ3v) is 5.58. The number of para-hydroxylation sites is 1. The number of benzene rings is 2. The molecule has 1 aliphatic heterocycles. The van der Waals surface area contributed by atoms with Crippen molar-refractivity contribution in [3.63, 3.8) is 0 Å². The number of morpholine rings is 1. The summed E-state index contributed by atoms with van der Waals surface area (Å²) in [6, 6.07) is 20.1. The predicted molar refractivity (Wildman–Crippen MR) is 118 cm³/mol. The lowest BCUT2D eigenvalue weighted by Gasteiger charge is -2.35.